The number of hydrogen-bond acceptors (Lipinski definition) is 1. The predicted octanol–water partition coefficient (Wildman–Crippen LogP) is 4.22. The fourth-order valence-corrected chi connectivity index (χ4v) is 3.11. The van der Waals surface area contributed by atoms with E-state index in [0.29, 0.717) is 6.54 Å². The van der Waals surface area contributed by atoms with Gasteiger partial charge in [-0.2, -0.15) is 0 Å². The van der Waals surface area contributed by atoms with Crippen molar-refractivity contribution in [1.82, 2.24) is 4.90 Å². The van der Waals surface area contributed by atoms with Gasteiger partial charge in [0.1, 0.15) is 0 Å². The molecular formula is C20H21NO. The van der Waals surface area contributed by atoms with Gasteiger partial charge in [0.15, 0.2) is 0 Å². The van der Waals surface area contributed by atoms with Crippen LogP contribution in [-0.4, -0.2) is 16.3 Å². The van der Waals surface area contributed by atoms with E-state index in [0.717, 1.165) is 28.7 Å². The number of amides is 1. The maximum Gasteiger partial charge on any atom is 0.255 e. The third-order valence-electron chi connectivity index (χ3n) is 4.73. The van der Waals surface area contributed by atoms with Crippen molar-refractivity contribution in [2.75, 3.05) is 0 Å². The molecule has 0 saturated heterocycles. The number of nitrogens with zero attached hydrogens (tertiary/aromatic N) is 1. The van der Waals surface area contributed by atoms with Crippen LogP contribution in [0.1, 0.15) is 35.3 Å². The molecule has 22 heavy (non-hydrogen) atoms. The van der Waals surface area contributed by atoms with Gasteiger partial charge in [0.05, 0.1) is 5.54 Å². The number of hydrogen-bond donors (Lipinski definition) is 0. The second-order valence-corrected chi connectivity index (χ2v) is 6.27. The fraction of sp³-hybridized carbons (Fsp3) is 0.250. The molecule has 112 valence electrons. The molecule has 0 N–H and O–H groups in total. The van der Waals surface area contributed by atoms with Gasteiger partial charge < -0.3 is 4.90 Å². The molecule has 1 aliphatic rings. The van der Waals surface area contributed by atoms with Crippen LogP contribution < -0.4 is 0 Å². The van der Waals surface area contributed by atoms with Crippen molar-refractivity contribution in [1.29, 1.82) is 0 Å². The van der Waals surface area contributed by atoms with Crippen LogP contribution >= 0.6 is 0 Å². The fourth-order valence-electron chi connectivity index (χ4n) is 3.11. The van der Waals surface area contributed by atoms with Gasteiger partial charge in [-0.25, -0.2) is 0 Å². The largest absolute Gasteiger partial charge is 0.325 e. The Labute approximate surface area is 132 Å². The summed E-state index contributed by atoms with van der Waals surface area (Å²) in [5, 5.41) is 0. The van der Waals surface area contributed by atoms with Gasteiger partial charge in [-0.1, -0.05) is 60.7 Å². The van der Waals surface area contributed by atoms with Crippen molar-refractivity contribution < 1.29 is 4.79 Å². The van der Waals surface area contributed by atoms with Crippen LogP contribution in [0.3, 0.4) is 0 Å². The summed E-state index contributed by atoms with van der Waals surface area (Å²) in [5.41, 5.74) is 3.75. The lowest BCUT2D eigenvalue weighted by Gasteiger charge is -2.46. The highest BCUT2D eigenvalue weighted by atomic mass is 16.2. The van der Waals surface area contributed by atoms with Gasteiger partial charge >= 0.3 is 0 Å². The predicted molar refractivity (Wildman–Crippen MR) is 89.7 cm³/mol. The third-order valence-corrected chi connectivity index (χ3v) is 4.73. The highest BCUT2D eigenvalue weighted by Gasteiger charge is 2.41. The van der Waals surface area contributed by atoms with E-state index in [1.54, 1.807) is 0 Å². The highest BCUT2D eigenvalue weighted by Crippen LogP contribution is 2.36. The minimum absolute atomic E-state index is 0.0937. The molecule has 1 unspecified atom stereocenters. The smallest absolute Gasteiger partial charge is 0.255 e. The van der Waals surface area contributed by atoms with Gasteiger partial charge in [0.2, 0.25) is 0 Å². The first-order valence-electron chi connectivity index (χ1n) is 7.62. The molecule has 2 aromatic rings. The van der Waals surface area contributed by atoms with Crippen LogP contribution in [0.4, 0.5) is 0 Å². The molecule has 0 radical (unpaired) electrons. The average Bonchev–Trinajstić information content (AvgIpc) is 2.52. The van der Waals surface area contributed by atoms with Gasteiger partial charge in [-0.05, 0) is 31.0 Å². The Balaban J connectivity index is 2.05. The molecule has 0 aliphatic carbocycles. The highest BCUT2D eigenvalue weighted by molar-refractivity contribution is 5.97. The molecular weight excluding hydrogens is 270 g/mol. The number of benzene rings is 2. The SMILES string of the molecule is C=C(C)C1(C)Cc2ccccc2C(=O)N1Cc1ccccc1. The van der Waals surface area contributed by atoms with E-state index in [2.05, 4.69) is 25.6 Å². The summed E-state index contributed by atoms with van der Waals surface area (Å²) in [6.45, 7) is 8.89. The van der Waals surface area contributed by atoms with Crippen molar-refractivity contribution >= 4 is 5.91 Å². The van der Waals surface area contributed by atoms with E-state index >= 15 is 0 Å². The van der Waals surface area contributed by atoms with Crippen LogP contribution in [-0.2, 0) is 13.0 Å². The first-order valence-corrected chi connectivity index (χ1v) is 7.62. The summed E-state index contributed by atoms with van der Waals surface area (Å²) in [5.74, 6) is 0.0937. The molecule has 3 rings (SSSR count). The van der Waals surface area contributed by atoms with E-state index in [9.17, 15) is 4.79 Å². The van der Waals surface area contributed by atoms with Gasteiger partial charge in [-0.3, -0.25) is 4.79 Å². The minimum Gasteiger partial charge on any atom is -0.325 e. The molecule has 0 spiro atoms. The maximum absolute atomic E-state index is 13.0. The molecule has 1 atom stereocenters. The zero-order valence-corrected chi connectivity index (χ0v) is 13.2. The monoisotopic (exact) mass is 291 g/mol. The number of fused-ring (bicyclic) bond motifs is 1. The van der Waals surface area contributed by atoms with Crippen LogP contribution in [0.5, 0.6) is 0 Å². The van der Waals surface area contributed by atoms with Crippen molar-refractivity contribution in [3.63, 3.8) is 0 Å². The van der Waals surface area contributed by atoms with Crippen LogP contribution in [0.15, 0.2) is 66.7 Å². The molecule has 0 aromatic heterocycles. The van der Waals surface area contributed by atoms with Gasteiger partial charge in [0.25, 0.3) is 5.91 Å². The lowest BCUT2D eigenvalue weighted by molar-refractivity contribution is 0.0518. The summed E-state index contributed by atoms with van der Waals surface area (Å²) >= 11 is 0. The van der Waals surface area contributed by atoms with Crippen molar-refractivity contribution in [3.05, 3.63) is 83.4 Å². The van der Waals surface area contributed by atoms with Gasteiger partial charge in [-0.15, -0.1) is 0 Å². The Morgan fingerprint density at radius 1 is 1.14 bits per heavy atom. The zero-order valence-electron chi connectivity index (χ0n) is 13.2. The Kier molecular flexibility index (Phi) is 3.61. The number of carbonyl (C=O) groups is 1. The molecule has 1 aliphatic heterocycles. The standard InChI is InChI=1S/C20H21NO/c1-15(2)20(3)13-17-11-7-8-12-18(17)19(22)21(20)14-16-9-5-4-6-10-16/h4-12H,1,13-14H2,2-3H3. The molecule has 0 saturated carbocycles. The topological polar surface area (TPSA) is 20.3 Å². The van der Waals surface area contributed by atoms with Crippen molar-refractivity contribution in [3.8, 4) is 0 Å². The molecule has 2 aromatic carbocycles. The maximum atomic E-state index is 13.0. The molecule has 1 amide bonds. The summed E-state index contributed by atoms with van der Waals surface area (Å²) in [4.78, 5) is 15.0. The summed E-state index contributed by atoms with van der Waals surface area (Å²) in [6, 6.07) is 18.0. The summed E-state index contributed by atoms with van der Waals surface area (Å²) in [6.07, 6.45) is 0.817. The Hall–Kier alpha value is -2.35. The molecule has 0 bridgehead atoms. The first kappa shape index (κ1) is 14.6. The molecule has 0 fully saturated rings. The van der Waals surface area contributed by atoms with Crippen LogP contribution in [0.25, 0.3) is 0 Å². The Bertz CT molecular complexity index is 719. The lowest BCUT2D eigenvalue weighted by atomic mass is 9.79. The van der Waals surface area contributed by atoms with E-state index in [-0.39, 0.29) is 11.4 Å². The zero-order chi connectivity index (χ0) is 15.7. The van der Waals surface area contributed by atoms with Crippen molar-refractivity contribution in [2.45, 2.75) is 32.4 Å². The minimum atomic E-state index is -0.346. The van der Waals surface area contributed by atoms with Crippen molar-refractivity contribution in [2.24, 2.45) is 0 Å². The van der Waals surface area contributed by atoms with Crippen LogP contribution in [0.2, 0.25) is 0 Å². The first-order chi connectivity index (χ1) is 10.5. The van der Waals surface area contributed by atoms with E-state index < -0.39 is 0 Å². The van der Waals surface area contributed by atoms with Gasteiger partial charge in [0, 0.05) is 18.5 Å². The van der Waals surface area contributed by atoms with E-state index in [4.69, 9.17) is 0 Å². The average molecular weight is 291 g/mol. The summed E-state index contributed by atoms with van der Waals surface area (Å²) < 4.78 is 0. The molecule has 2 nitrogen and oxygen atoms in total. The number of carbonyl (C=O) groups excluding carboxylic acids is 1. The normalized spacial score (nSPS) is 20.6. The number of rotatable bonds is 3. The second-order valence-electron chi connectivity index (χ2n) is 6.27. The second kappa shape index (κ2) is 5.45. The molecule has 2 heteroatoms. The molecule has 1 heterocycles. The van der Waals surface area contributed by atoms with Crippen LogP contribution in [0, 0.1) is 0 Å². The Morgan fingerprint density at radius 2 is 1.77 bits per heavy atom. The summed E-state index contributed by atoms with van der Waals surface area (Å²) in [7, 11) is 0. The van der Waals surface area contributed by atoms with E-state index in [1.165, 1.54) is 0 Å². The third kappa shape index (κ3) is 2.35. The Morgan fingerprint density at radius 3 is 2.45 bits per heavy atom. The quantitative estimate of drug-likeness (QED) is 0.775. The lowest BCUT2D eigenvalue weighted by Crippen LogP contribution is -2.54. The van der Waals surface area contributed by atoms with E-state index in [1.807, 2.05) is 54.3 Å².